The Balaban J connectivity index is 1.58. The molecule has 3 rings (SSSR count). The lowest BCUT2D eigenvalue weighted by molar-refractivity contribution is -0.687. The van der Waals surface area contributed by atoms with Crippen LogP contribution in [-0.2, 0) is 13.1 Å². The number of hydrogen-bond donors (Lipinski definition) is 1. The number of halogens is 2. The lowest BCUT2D eigenvalue weighted by Gasteiger charge is -2.03. The van der Waals surface area contributed by atoms with Gasteiger partial charge in [0.2, 0.25) is 0 Å². The standard InChI is InChI=1S/C19H17ClFNO2/c1-23-15-5-2-13(3-6-15)11-22-12-16-7-9-19(24-16)14-4-8-18(21)17(20)10-14/h2-10,22H,11-12H2,1H3/p+1. The molecular formula is C19H18ClFNO2+. The molecule has 2 N–H and O–H groups in total. The third-order valence-corrected chi connectivity index (χ3v) is 4.04. The molecule has 0 aliphatic rings. The average molecular weight is 347 g/mol. The summed E-state index contributed by atoms with van der Waals surface area (Å²) in [4.78, 5) is 0. The van der Waals surface area contributed by atoms with Gasteiger partial charge in [-0.15, -0.1) is 0 Å². The Morgan fingerprint density at radius 2 is 1.83 bits per heavy atom. The summed E-state index contributed by atoms with van der Waals surface area (Å²) in [5.41, 5.74) is 1.98. The molecule has 3 nitrogen and oxygen atoms in total. The summed E-state index contributed by atoms with van der Waals surface area (Å²) >= 11 is 5.81. The molecule has 0 aliphatic heterocycles. The second-order valence-electron chi connectivity index (χ2n) is 5.44. The van der Waals surface area contributed by atoms with Crippen molar-refractivity contribution >= 4 is 11.6 Å². The Hall–Kier alpha value is -2.30. The van der Waals surface area contributed by atoms with Gasteiger partial charge in [0.15, 0.2) is 5.76 Å². The van der Waals surface area contributed by atoms with Crippen LogP contribution in [0.15, 0.2) is 59.0 Å². The van der Waals surface area contributed by atoms with Crippen molar-refractivity contribution in [3.8, 4) is 17.1 Å². The molecule has 0 unspecified atom stereocenters. The van der Waals surface area contributed by atoms with E-state index in [0.29, 0.717) is 5.76 Å². The normalized spacial score (nSPS) is 10.8. The molecule has 3 aromatic rings. The predicted octanol–water partition coefficient (Wildman–Crippen LogP) is 4.01. The van der Waals surface area contributed by atoms with E-state index >= 15 is 0 Å². The highest BCUT2D eigenvalue weighted by Crippen LogP contribution is 2.26. The van der Waals surface area contributed by atoms with Crippen LogP contribution in [0.1, 0.15) is 11.3 Å². The van der Waals surface area contributed by atoms with Crippen LogP contribution in [-0.4, -0.2) is 7.11 Å². The Bertz CT molecular complexity index is 814. The molecule has 1 aromatic heterocycles. The number of furan rings is 1. The van der Waals surface area contributed by atoms with Crippen molar-refractivity contribution in [3.05, 3.63) is 76.8 Å². The van der Waals surface area contributed by atoms with Gasteiger partial charge in [-0.3, -0.25) is 0 Å². The van der Waals surface area contributed by atoms with Crippen molar-refractivity contribution in [1.29, 1.82) is 0 Å². The van der Waals surface area contributed by atoms with E-state index < -0.39 is 5.82 Å². The predicted molar refractivity (Wildman–Crippen MR) is 91.4 cm³/mol. The first-order valence-corrected chi connectivity index (χ1v) is 8.02. The van der Waals surface area contributed by atoms with Crippen LogP contribution in [0.2, 0.25) is 5.02 Å². The largest absolute Gasteiger partial charge is 0.497 e. The molecule has 0 amide bonds. The average Bonchev–Trinajstić information content (AvgIpc) is 3.07. The third kappa shape index (κ3) is 3.96. The van der Waals surface area contributed by atoms with Crippen molar-refractivity contribution in [3.63, 3.8) is 0 Å². The van der Waals surface area contributed by atoms with Gasteiger partial charge in [-0.2, -0.15) is 0 Å². The fourth-order valence-corrected chi connectivity index (χ4v) is 2.62. The van der Waals surface area contributed by atoms with Crippen molar-refractivity contribution in [1.82, 2.24) is 0 Å². The van der Waals surface area contributed by atoms with Crippen LogP contribution >= 0.6 is 11.6 Å². The van der Waals surface area contributed by atoms with Gasteiger partial charge in [-0.05, 0) is 54.6 Å². The summed E-state index contributed by atoms with van der Waals surface area (Å²) in [6.07, 6.45) is 0. The fraction of sp³-hybridized carbons (Fsp3) is 0.158. The highest BCUT2D eigenvalue weighted by Gasteiger charge is 2.08. The summed E-state index contributed by atoms with van der Waals surface area (Å²) < 4.78 is 24.2. The van der Waals surface area contributed by atoms with Gasteiger partial charge in [-0.1, -0.05) is 11.6 Å². The highest BCUT2D eigenvalue weighted by molar-refractivity contribution is 6.31. The molecule has 2 aromatic carbocycles. The number of rotatable bonds is 6. The van der Waals surface area contributed by atoms with E-state index in [1.165, 1.54) is 11.6 Å². The van der Waals surface area contributed by atoms with E-state index in [1.54, 1.807) is 19.2 Å². The topological polar surface area (TPSA) is 39.0 Å². The molecule has 0 fully saturated rings. The minimum Gasteiger partial charge on any atom is -0.497 e. The molecule has 0 atom stereocenters. The first-order valence-electron chi connectivity index (χ1n) is 7.64. The van der Waals surface area contributed by atoms with Crippen LogP contribution in [0, 0.1) is 5.82 Å². The maximum absolute atomic E-state index is 13.2. The van der Waals surface area contributed by atoms with Crippen molar-refractivity contribution in [2.24, 2.45) is 0 Å². The monoisotopic (exact) mass is 346 g/mol. The summed E-state index contributed by atoms with van der Waals surface area (Å²) in [7, 11) is 1.66. The van der Waals surface area contributed by atoms with Gasteiger partial charge < -0.3 is 14.5 Å². The van der Waals surface area contributed by atoms with Gasteiger partial charge in [0, 0.05) is 11.1 Å². The lowest BCUT2D eigenvalue weighted by Crippen LogP contribution is -2.80. The van der Waals surface area contributed by atoms with E-state index in [0.717, 1.165) is 30.2 Å². The summed E-state index contributed by atoms with van der Waals surface area (Å²) in [5, 5.41) is 2.25. The molecule has 1 heterocycles. The number of nitrogens with two attached hydrogens (primary N) is 1. The molecule has 0 bridgehead atoms. The minimum atomic E-state index is -0.431. The number of hydrogen-bond acceptors (Lipinski definition) is 2. The summed E-state index contributed by atoms with van der Waals surface area (Å²) in [6, 6.07) is 16.4. The minimum absolute atomic E-state index is 0.0940. The Morgan fingerprint density at radius 3 is 2.54 bits per heavy atom. The van der Waals surface area contributed by atoms with Crippen LogP contribution in [0.3, 0.4) is 0 Å². The number of benzene rings is 2. The van der Waals surface area contributed by atoms with Gasteiger partial charge in [0.1, 0.15) is 30.4 Å². The first kappa shape index (κ1) is 16.6. The quantitative estimate of drug-likeness (QED) is 0.732. The van der Waals surface area contributed by atoms with Crippen LogP contribution in [0.5, 0.6) is 5.75 Å². The summed E-state index contributed by atoms with van der Waals surface area (Å²) in [6.45, 7) is 1.57. The Kier molecular flexibility index (Phi) is 5.18. The van der Waals surface area contributed by atoms with Crippen molar-refractivity contribution in [2.45, 2.75) is 13.1 Å². The number of quaternary nitrogens is 1. The molecule has 0 radical (unpaired) electrons. The van der Waals surface area contributed by atoms with E-state index in [9.17, 15) is 4.39 Å². The summed E-state index contributed by atoms with van der Waals surface area (Å²) in [5.74, 6) is 1.97. The fourth-order valence-electron chi connectivity index (χ4n) is 2.43. The molecule has 0 spiro atoms. The highest BCUT2D eigenvalue weighted by atomic mass is 35.5. The van der Waals surface area contributed by atoms with Crippen LogP contribution in [0.25, 0.3) is 11.3 Å². The van der Waals surface area contributed by atoms with E-state index in [2.05, 4.69) is 5.32 Å². The van der Waals surface area contributed by atoms with Crippen molar-refractivity contribution < 1.29 is 18.9 Å². The SMILES string of the molecule is COc1ccc(C[NH2+]Cc2ccc(-c3ccc(F)c(Cl)c3)o2)cc1. The van der Waals surface area contributed by atoms with E-state index in [-0.39, 0.29) is 5.02 Å². The van der Waals surface area contributed by atoms with Crippen molar-refractivity contribution in [2.75, 3.05) is 7.11 Å². The third-order valence-electron chi connectivity index (χ3n) is 3.75. The first-order chi connectivity index (χ1) is 11.7. The molecule has 0 saturated carbocycles. The van der Waals surface area contributed by atoms with Gasteiger partial charge in [-0.25, -0.2) is 4.39 Å². The Labute approximate surface area is 145 Å². The molecule has 5 heteroatoms. The van der Waals surface area contributed by atoms with Crippen LogP contribution < -0.4 is 10.1 Å². The maximum atomic E-state index is 13.2. The second kappa shape index (κ2) is 7.51. The lowest BCUT2D eigenvalue weighted by atomic mass is 10.2. The van der Waals surface area contributed by atoms with Gasteiger partial charge in [0.25, 0.3) is 0 Å². The van der Waals surface area contributed by atoms with Crippen LogP contribution in [0.4, 0.5) is 4.39 Å². The second-order valence-corrected chi connectivity index (χ2v) is 5.85. The smallest absolute Gasteiger partial charge is 0.158 e. The molecular weight excluding hydrogens is 329 g/mol. The zero-order valence-corrected chi connectivity index (χ0v) is 14.0. The zero-order chi connectivity index (χ0) is 16.9. The molecule has 0 saturated heterocycles. The Morgan fingerprint density at radius 1 is 1.04 bits per heavy atom. The molecule has 124 valence electrons. The maximum Gasteiger partial charge on any atom is 0.158 e. The molecule has 0 aliphatic carbocycles. The van der Waals surface area contributed by atoms with Gasteiger partial charge in [0.05, 0.1) is 12.1 Å². The van der Waals surface area contributed by atoms with E-state index in [1.807, 2.05) is 36.4 Å². The zero-order valence-electron chi connectivity index (χ0n) is 13.3. The number of methoxy groups -OCH3 is 1. The van der Waals surface area contributed by atoms with Gasteiger partial charge >= 0.3 is 0 Å². The number of ether oxygens (including phenoxy) is 1. The molecule has 24 heavy (non-hydrogen) atoms. The van der Waals surface area contributed by atoms with E-state index in [4.69, 9.17) is 20.8 Å².